The molecule has 0 bridgehead atoms. The monoisotopic (exact) mass is 309 g/mol. The SMILES string of the molecule is Cc1cccc(OCc2cnn(-c3ccccc3)c2)c1[N+](=O)[O-]. The predicted molar refractivity (Wildman–Crippen MR) is 85.7 cm³/mol. The summed E-state index contributed by atoms with van der Waals surface area (Å²) in [6.45, 7) is 1.91. The summed E-state index contributed by atoms with van der Waals surface area (Å²) in [7, 11) is 0. The second kappa shape index (κ2) is 6.31. The third-order valence-corrected chi connectivity index (χ3v) is 3.43. The van der Waals surface area contributed by atoms with Crippen LogP contribution in [-0.2, 0) is 6.61 Å². The molecule has 0 aliphatic carbocycles. The van der Waals surface area contributed by atoms with E-state index in [-0.39, 0.29) is 18.0 Å². The van der Waals surface area contributed by atoms with Gasteiger partial charge in [0.05, 0.1) is 16.8 Å². The van der Waals surface area contributed by atoms with Crippen molar-refractivity contribution in [2.75, 3.05) is 0 Å². The van der Waals surface area contributed by atoms with Gasteiger partial charge in [-0.3, -0.25) is 10.1 Å². The van der Waals surface area contributed by atoms with Crippen molar-refractivity contribution < 1.29 is 9.66 Å². The van der Waals surface area contributed by atoms with E-state index < -0.39 is 4.92 Å². The molecule has 1 aromatic heterocycles. The minimum atomic E-state index is -0.419. The number of nitro benzene ring substituents is 1. The van der Waals surface area contributed by atoms with Crippen LogP contribution in [0.2, 0.25) is 0 Å². The first-order chi connectivity index (χ1) is 11.1. The van der Waals surface area contributed by atoms with Gasteiger partial charge < -0.3 is 4.74 Å². The van der Waals surface area contributed by atoms with E-state index >= 15 is 0 Å². The van der Waals surface area contributed by atoms with E-state index in [2.05, 4.69) is 5.10 Å². The number of aryl methyl sites for hydroxylation is 1. The number of rotatable bonds is 5. The number of benzene rings is 2. The maximum absolute atomic E-state index is 11.2. The zero-order chi connectivity index (χ0) is 16.2. The summed E-state index contributed by atoms with van der Waals surface area (Å²) in [4.78, 5) is 10.7. The van der Waals surface area contributed by atoms with Crippen molar-refractivity contribution >= 4 is 5.69 Å². The number of para-hydroxylation sites is 2. The van der Waals surface area contributed by atoms with Gasteiger partial charge in [0.1, 0.15) is 6.61 Å². The Balaban J connectivity index is 1.76. The molecule has 23 heavy (non-hydrogen) atoms. The second-order valence-electron chi connectivity index (χ2n) is 5.10. The number of hydrogen-bond donors (Lipinski definition) is 0. The van der Waals surface area contributed by atoms with Crippen LogP contribution in [0.3, 0.4) is 0 Å². The van der Waals surface area contributed by atoms with Gasteiger partial charge in [0, 0.05) is 17.3 Å². The van der Waals surface area contributed by atoms with Crippen LogP contribution in [0.4, 0.5) is 5.69 Å². The van der Waals surface area contributed by atoms with Crippen molar-refractivity contribution in [1.82, 2.24) is 9.78 Å². The average Bonchev–Trinajstić information content (AvgIpc) is 3.02. The van der Waals surface area contributed by atoms with Gasteiger partial charge in [-0.15, -0.1) is 0 Å². The molecular weight excluding hydrogens is 294 g/mol. The molecule has 0 unspecified atom stereocenters. The van der Waals surface area contributed by atoms with Crippen LogP contribution in [0.1, 0.15) is 11.1 Å². The summed E-state index contributed by atoms with van der Waals surface area (Å²) in [5.74, 6) is 0.266. The van der Waals surface area contributed by atoms with Crippen molar-refractivity contribution in [2.45, 2.75) is 13.5 Å². The van der Waals surface area contributed by atoms with Gasteiger partial charge in [0.25, 0.3) is 0 Å². The Hall–Kier alpha value is -3.15. The Morgan fingerprint density at radius 2 is 1.96 bits per heavy atom. The lowest BCUT2D eigenvalue weighted by Gasteiger charge is -2.06. The Morgan fingerprint density at radius 1 is 1.17 bits per heavy atom. The average molecular weight is 309 g/mol. The molecule has 0 amide bonds. The van der Waals surface area contributed by atoms with Gasteiger partial charge in [-0.25, -0.2) is 4.68 Å². The standard InChI is InChI=1S/C17H15N3O3/c1-13-6-5-9-16(17(13)20(21)22)23-12-14-10-18-19(11-14)15-7-3-2-4-8-15/h2-11H,12H2,1H3. The van der Waals surface area contributed by atoms with Crippen LogP contribution in [0.25, 0.3) is 5.69 Å². The van der Waals surface area contributed by atoms with Gasteiger partial charge in [0.2, 0.25) is 0 Å². The van der Waals surface area contributed by atoms with Gasteiger partial charge in [-0.1, -0.05) is 30.3 Å². The number of aromatic nitrogens is 2. The topological polar surface area (TPSA) is 70.2 Å². The lowest BCUT2D eigenvalue weighted by atomic mass is 10.2. The molecule has 3 rings (SSSR count). The molecule has 0 atom stereocenters. The number of ether oxygens (including phenoxy) is 1. The largest absolute Gasteiger partial charge is 0.482 e. The van der Waals surface area contributed by atoms with E-state index in [0.29, 0.717) is 5.56 Å². The molecule has 116 valence electrons. The van der Waals surface area contributed by atoms with Crippen LogP contribution in [-0.4, -0.2) is 14.7 Å². The fourth-order valence-corrected chi connectivity index (χ4v) is 2.30. The minimum absolute atomic E-state index is 0.00273. The predicted octanol–water partition coefficient (Wildman–Crippen LogP) is 3.67. The minimum Gasteiger partial charge on any atom is -0.482 e. The fourth-order valence-electron chi connectivity index (χ4n) is 2.30. The van der Waals surface area contributed by atoms with Crippen molar-refractivity contribution in [2.24, 2.45) is 0 Å². The van der Waals surface area contributed by atoms with E-state index in [9.17, 15) is 10.1 Å². The number of nitrogens with zero attached hydrogens (tertiary/aromatic N) is 3. The van der Waals surface area contributed by atoms with Gasteiger partial charge in [-0.2, -0.15) is 5.10 Å². The molecule has 0 fully saturated rings. The molecule has 6 heteroatoms. The van der Waals surface area contributed by atoms with E-state index in [1.807, 2.05) is 36.5 Å². The Kier molecular flexibility index (Phi) is 4.05. The summed E-state index contributed by atoms with van der Waals surface area (Å²) in [5, 5.41) is 15.4. The molecule has 6 nitrogen and oxygen atoms in total. The molecule has 0 spiro atoms. The van der Waals surface area contributed by atoms with Crippen LogP contribution in [0, 0.1) is 17.0 Å². The zero-order valence-corrected chi connectivity index (χ0v) is 12.5. The van der Waals surface area contributed by atoms with E-state index in [4.69, 9.17) is 4.74 Å². The summed E-state index contributed by atoms with van der Waals surface area (Å²) in [5.41, 5.74) is 2.36. The first kappa shape index (κ1) is 14.8. The molecule has 2 aromatic carbocycles. The van der Waals surface area contributed by atoms with Crippen LogP contribution in [0.15, 0.2) is 60.9 Å². The first-order valence-corrected chi connectivity index (χ1v) is 7.11. The molecule has 0 aliphatic heterocycles. The van der Waals surface area contributed by atoms with Crippen molar-refractivity contribution in [1.29, 1.82) is 0 Å². The molecular formula is C17H15N3O3. The van der Waals surface area contributed by atoms with Crippen molar-refractivity contribution in [3.63, 3.8) is 0 Å². The Morgan fingerprint density at radius 3 is 2.70 bits per heavy atom. The Bertz CT molecular complexity index is 828. The highest BCUT2D eigenvalue weighted by atomic mass is 16.6. The van der Waals surface area contributed by atoms with Gasteiger partial charge in [-0.05, 0) is 25.1 Å². The molecule has 0 radical (unpaired) electrons. The van der Waals surface area contributed by atoms with Crippen molar-refractivity contribution in [3.8, 4) is 11.4 Å². The Labute approximate surface area is 133 Å². The molecule has 0 saturated carbocycles. The third-order valence-electron chi connectivity index (χ3n) is 3.43. The van der Waals surface area contributed by atoms with E-state index in [0.717, 1.165) is 11.3 Å². The quantitative estimate of drug-likeness (QED) is 0.532. The highest BCUT2D eigenvalue weighted by Crippen LogP contribution is 2.30. The second-order valence-corrected chi connectivity index (χ2v) is 5.10. The normalized spacial score (nSPS) is 10.5. The molecule has 3 aromatic rings. The summed E-state index contributed by atoms with van der Waals surface area (Å²) in [6.07, 6.45) is 3.53. The lowest BCUT2D eigenvalue weighted by Crippen LogP contribution is -2.00. The molecule has 0 N–H and O–H groups in total. The maximum Gasteiger partial charge on any atom is 0.313 e. The number of nitro groups is 1. The third kappa shape index (κ3) is 3.21. The lowest BCUT2D eigenvalue weighted by molar-refractivity contribution is -0.386. The van der Waals surface area contributed by atoms with Crippen molar-refractivity contribution in [3.05, 3.63) is 82.2 Å². The first-order valence-electron chi connectivity index (χ1n) is 7.11. The highest BCUT2D eigenvalue weighted by molar-refractivity contribution is 5.52. The summed E-state index contributed by atoms with van der Waals surface area (Å²) in [6, 6.07) is 14.7. The van der Waals surface area contributed by atoms with Crippen LogP contribution < -0.4 is 4.74 Å². The van der Waals surface area contributed by atoms with E-state index in [1.54, 1.807) is 36.0 Å². The van der Waals surface area contributed by atoms with Gasteiger partial charge >= 0.3 is 5.69 Å². The summed E-state index contributed by atoms with van der Waals surface area (Å²) < 4.78 is 7.36. The van der Waals surface area contributed by atoms with Crippen LogP contribution >= 0.6 is 0 Å². The molecule has 0 saturated heterocycles. The van der Waals surface area contributed by atoms with Gasteiger partial charge in [0.15, 0.2) is 5.75 Å². The molecule has 1 heterocycles. The fraction of sp³-hybridized carbons (Fsp3) is 0.118. The smallest absolute Gasteiger partial charge is 0.313 e. The molecule has 0 aliphatic rings. The maximum atomic E-state index is 11.2. The van der Waals surface area contributed by atoms with Crippen LogP contribution in [0.5, 0.6) is 5.75 Å². The van der Waals surface area contributed by atoms with E-state index in [1.165, 1.54) is 0 Å². The zero-order valence-electron chi connectivity index (χ0n) is 12.5. The number of hydrogen-bond acceptors (Lipinski definition) is 4. The highest BCUT2D eigenvalue weighted by Gasteiger charge is 2.18. The summed E-state index contributed by atoms with van der Waals surface area (Å²) >= 11 is 0.